The van der Waals surface area contributed by atoms with E-state index in [9.17, 15) is 17.2 Å². The van der Waals surface area contributed by atoms with Crippen molar-refractivity contribution in [3.63, 3.8) is 0 Å². The van der Waals surface area contributed by atoms with Crippen LogP contribution in [-0.2, 0) is 16.6 Å². The number of aryl methyl sites for hydroxylation is 1. The van der Waals surface area contributed by atoms with Crippen molar-refractivity contribution in [1.82, 2.24) is 4.31 Å². The lowest BCUT2D eigenvalue weighted by Crippen LogP contribution is -2.26. The fraction of sp³-hybridized carbons (Fsp3) is 0.200. The third kappa shape index (κ3) is 3.53. The lowest BCUT2D eigenvalue weighted by molar-refractivity contribution is 0.461. The van der Waals surface area contributed by atoms with Gasteiger partial charge in [0.1, 0.15) is 0 Å². The Balaban J connectivity index is 2.28. The summed E-state index contributed by atoms with van der Waals surface area (Å²) in [5, 5.41) is 0. The molecule has 0 saturated heterocycles. The van der Waals surface area contributed by atoms with Gasteiger partial charge in [0.15, 0.2) is 11.6 Å². The van der Waals surface area contributed by atoms with E-state index in [1.807, 2.05) is 0 Å². The highest BCUT2D eigenvalue weighted by Gasteiger charge is 2.21. The number of halogens is 3. The quantitative estimate of drug-likeness (QED) is 0.795. The number of sulfonamides is 1. The largest absolute Gasteiger partial charge is 0.243 e. The molecule has 3 nitrogen and oxygen atoms in total. The summed E-state index contributed by atoms with van der Waals surface area (Å²) in [5.41, 5.74) is 1.17. The second-order valence-corrected chi connectivity index (χ2v) is 7.82. The first kappa shape index (κ1) is 17.1. The highest BCUT2D eigenvalue weighted by molar-refractivity contribution is 9.10. The maximum Gasteiger partial charge on any atom is 0.243 e. The normalized spacial score (nSPS) is 11.9. The molecule has 0 atom stereocenters. The van der Waals surface area contributed by atoms with Crippen LogP contribution in [-0.4, -0.2) is 19.8 Å². The molecule has 0 fully saturated rings. The zero-order valence-corrected chi connectivity index (χ0v) is 14.4. The van der Waals surface area contributed by atoms with Crippen molar-refractivity contribution in [1.29, 1.82) is 0 Å². The number of hydrogen-bond donors (Lipinski definition) is 0. The van der Waals surface area contributed by atoms with Gasteiger partial charge in [-0.05, 0) is 48.4 Å². The molecule has 0 aliphatic heterocycles. The van der Waals surface area contributed by atoms with E-state index >= 15 is 0 Å². The molecule has 0 bridgehead atoms. The predicted molar refractivity (Wildman–Crippen MR) is 83.9 cm³/mol. The molecular formula is C15H14BrF2NO2S. The summed E-state index contributed by atoms with van der Waals surface area (Å²) in [5.74, 6) is -1.96. The first-order valence-corrected chi connectivity index (χ1v) is 8.61. The Morgan fingerprint density at radius 3 is 2.36 bits per heavy atom. The van der Waals surface area contributed by atoms with E-state index in [0.29, 0.717) is 5.56 Å². The number of rotatable bonds is 4. The molecular weight excluding hydrogens is 376 g/mol. The maximum atomic E-state index is 13.2. The zero-order valence-electron chi connectivity index (χ0n) is 12.0. The summed E-state index contributed by atoms with van der Waals surface area (Å²) in [6, 6.07) is 8.04. The molecule has 0 spiro atoms. The Kier molecular flexibility index (Phi) is 4.99. The molecule has 0 unspecified atom stereocenters. The lowest BCUT2D eigenvalue weighted by Gasteiger charge is -2.18. The second-order valence-electron chi connectivity index (χ2n) is 4.92. The van der Waals surface area contributed by atoms with Crippen LogP contribution < -0.4 is 0 Å². The molecule has 7 heteroatoms. The van der Waals surface area contributed by atoms with Gasteiger partial charge in [0.05, 0.1) is 4.90 Å². The molecule has 0 aliphatic carbocycles. The topological polar surface area (TPSA) is 37.4 Å². The highest BCUT2D eigenvalue weighted by atomic mass is 79.9. The summed E-state index contributed by atoms with van der Waals surface area (Å²) < 4.78 is 53.0. The first-order valence-electron chi connectivity index (χ1n) is 6.38. The molecule has 2 aromatic carbocycles. The van der Waals surface area contributed by atoms with Crippen LogP contribution in [0.5, 0.6) is 0 Å². The molecule has 22 heavy (non-hydrogen) atoms. The van der Waals surface area contributed by atoms with Gasteiger partial charge in [0.2, 0.25) is 10.0 Å². The van der Waals surface area contributed by atoms with Crippen molar-refractivity contribution >= 4 is 26.0 Å². The number of nitrogens with zero attached hydrogens (tertiary/aromatic N) is 1. The smallest absolute Gasteiger partial charge is 0.207 e. The molecule has 0 heterocycles. The Labute approximate surface area is 136 Å². The summed E-state index contributed by atoms with van der Waals surface area (Å²) in [6.45, 7) is 1.74. The van der Waals surface area contributed by atoms with E-state index < -0.39 is 21.7 Å². The van der Waals surface area contributed by atoms with Crippen molar-refractivity contribution in [3.8, 4) is 0 Å². The van der Waals surface area contributed by atoms with Gasteiger partial charge in [-0.1, -0.05) is 22.0 Å². The monoisotopic (exact) mass is 389 g/mol. The van der Waals surface area contributed by atoms with Crippen LogP contribution in [0.15, 0.2) is 45.8 Å². The van der Waals surface area contributed by atoms with E-state index in [2.05, 4.69) is 15.9 Å². The molecule has 0 radical (unpaired) electrons. The number of benzene rings is 2. The standard InChI is InChI=1S/C15H14BrF2NO2S/c1-10-7-12(4-5-13(10)16)22(20,21)19(2)9-11-3-6-14(17)15(18)8-11/h3-8H,9H2,1-2H3. The van der Waals surface area contributed by atoms with E-state index in [0.717, 1.165) is 26.5 Å². The molecule has 0 aliphatic rings. The van der Waals surface area contributed by atoms with Crippen molar-refractivity contribution in [2.45, 2.75) is 18.4 Å². The predicted octanol–water partition coefficient (Wildman–Crippen LogP) is 3.86. The zero-order chi connectivity index (χ0) is 16.5. The van der Waals surface area contributed by atoms with E-state index in [4.69, 9.17) is 0 Å². The van der Waals surface area contributed by atoms with Gasteiger partial charge >= 0.3 is 0 Å². The Morgan fingerprint density at radius 1 is 1.09 bits per heavy atom. The average Bonchev–Trinajstić information content (AvgIpc) is 2.45. The highest BCUT2D eigenvalue weighted by Crippen LogP contribution is 2.23. The Morgan fingerprint density at radius 2 is 1.77 bits per heavy atom. The third-order valence-electron chi connectivity index (χ3n) is 3.23. The van der Waals surface area contributed by atoms with Crippen LogP contribution in [0.4, 0.5) is 8.78 Å². The Hall–Kier alpha value is -1.31. The summed E-state index contributed by atoms with van der Waals surface area (Å²) >= 11 is 3.32. The Bertz CT molecular complexity index is 809. The van der Waals surface area contributed by atoms with Gasteiger partial charge in [-0.2, -0.15) is 4.31 Å². The van der Waals surface area contributed by atoms with Crippen molar-refractivity contribution in [3.05, 3.63) is 63.6 Å². The minimum atomic E-state index is -3.70. The van der Waals surface area contributed by atoms with Crippen LogP contribution >= 0.6 is 15.9 Å². The van der Waals surface area contributed by atoms with Crippen LogP contribution in [0.1, 0.15) is 11.1 Å². The third-order valence-corrected chi connectivity index (χ3v) is 5.92. The summed E-state index contributed by atoms with van der Waals surface area (Å²) in [4.78, 5) is 0.151. The van der Waals surface area contributed by atoms with E-state index in [1.165, 1.54) is 19.2 Å². The van der Waals surface area contributed by atoms with E-state index in [1.54, 1.807) is 19.1 Å². The maximum absolute atomic E-state index is 13.2. The molecule has 0 amide bonds. The van der Waals surface area contributed by atoms with Crippen molar-refractivity contribution in [2.24, 2.45) is 0 Å². The SMILES string of the molecule is Cc1cc(S(=O)(=O)N(C)Cc2ccc(F)c(F)c2)ccc1Br. The van der Waals surface area contributed by atoms with Crippen LogP contribution in [0.3, 0.4) is 0 Å². The van der Waals surface area contributed by atoms with Gasteiger partial charge in [0, 0.05) is 18.1 Å². The summed E-state index contributed by atoms with van der Waals surface area (Å²) in [7, 11) is -2.31. The van der Waals surface area contributed by atoms with Gasteiger partial charge in [-0.15, -0.1) is 0 Å². The molecule has 0 aromatic heterocycles. The van der Waals surface area contributed by atoms with Crippen LogP contribution in [0.25, 0.3) is 0 Å². The van der Waals surface area contributed by atoms with Gasteiger partial charge in [0.25, 0.3) is 0 Å². The van der Waals surface area contributed by atoms with Gasteiger partial charge in [-0.3, -0.25) is 0 Å². The lowest BCUT2D eigenvalue weighted by atomic mass is 10.2. The van der Waals surface area contributed by atoms with Crippen LogP contribution in [0.2, 0.25) is 0 Å². The molecule has 2 rings (SSSR count). The minimum absolute atomic E-state index is 0.0470. The van der Waals surface area contributed by atoms with Gasteiger partial charge in [-0.25, -0.2) is 17.2 Å². The molecule has 0 saturated carbocycles. The van der Waals surface area contributed by atoms with Crippen molar-refractivity contribution in [2.75, 3.05) is 7.05 Å². The fourth-order valence-electron chi connectivity index (χ4n) is 1.94. The average molecular weight is 390 g/mol. The van der Waals surface area contributed by atoms with Crippen LogP contribution in [0, 0.1) is 18.6 Å². The van der Waals surface area contributed by atoms with Gasteiger partial charge < -0.3 is 0 Å². The molecule has 0 N–H and O–H groups in total. The number of hydrogen-bond acceptors (Lipinski definition) is 2. The van der Waals surface area contributed by atoms with E-state index in [-0.39, 0.29) is 11.4 Å². The molecule has 118 valence electrons. The first-order chi connectivity index (χ1) is 10.2. The minimum Gasteiger partial charge on any atom is -0.207 e. The second kappa shape index (κ2) is 6.44. The van der Waals surface area contributed by atoms with Crippen molar-refractivity contribution < 1.29 is 17.2 Å². The fourth-order valence-corrected chi connectivity index (χ4v) is 3.43. The summed E-state index contributed by atoms with van der Waals surface area (Å²) in [6.07, 6.45) is 0. The molecule has 2 aromatic rings.